The van der Waals surface area contributed by atoms with Gasteiger partial charge in [0.05, 0.1) is 40.2 Å². The van der Waals surface area contributed by atoms with Gasteiger partial charge in [0.15, 0.2) is 5.78 Å². The van der Waals surface area contributed by atoms with E-state index in [0.717, 1.165) is 50.5 Å². The highest BCUT2D eigenvalue weighted by Gasteiger charge is 2.37. The number of Topliss-reactive ketones (excluding diaryl/α,β-unsaturated/α-hetero) is 1. The van der Waals surface area contributed by atoms with E-state index in [9.17, 15) is 14.3 Å². The fourth-order valence-corrected chi connectivity index (χ4v) is 7.06. The molecule has 0 bridgehead atoms. The van der Waals surface area contributed by atoms with Gasteiger partial charge in [0.25, 0.3) is 0 Å². The standard InChI is InChI=1S/C32H31FN2O3S/c1-19-35-27-11-10-22(15-30(27)39-19)31-24-14-21(8-9-23(24)18-34-31)28(36)13-20-5-4-12-32(37,16-20)17-25-26(33)6-3-7-29(25)38-2/h3,6-11,14-15,20,37H,4-5,12-13,16-18H2,1-2H3/t20-,32+/m0/s1. The number of ketones is 1. The summed E-state index contributed by atoms with van der Waals surface area (Å²) in [6.45, 7) is 2.61. The molecule has 0 unspecified atom stereocenters. The van der Waals surface area contributed by atoms with Crippen LogP contribution in [0.15, 0.2) is 59.6 Å². The van der Waals surface area contributed by atoms with Gasteiger partial charge in [0.1, 0.15) is 11.6 Å². The van der Waals surface area contributed by atoms with E-state index in [4.69, 9.17) is 9.73 Å². The van der Waals surface area contributed by atoms with E-state index in [-0.39, 0.29) is 23.9 Å². The zero-order valence-electron chi connectivity index (χ0n) is 22.2. The van der Waals surface area contributed by atoms with Gasteiger partial charge in [0.2, 0.25) is 0 Å². The molecule has 7 heteroatoms. The third-order valence-electron chi connectivity index (χ3n) is 8.06. The summed E-state index contributed by atoms with van der Waals surface area (Å²) in [7, 11) is 1.51. The number of nitrogens with zero attached hydrogens (tertiary/aromatic N) is 2. The van der Waals surface area contributed by atoms with Crippen molar-refractivity contribution in [3.05, 3.63) is 93.2 Å². The molecule has 2 atom stereocenters. The summed E-state index contributed by atoms with van der Waals surface area (Å²) in [6.07, 6.45) is 3.24. The second-order valence-corrected chi connectivity index (χ2v) is 12.1. The second kappa shape index (κ2) is 10.3. The predicted octanol–water partition coefficient (Wildman–Crippen LogP) is 6.84. The van der Waals surface area contributed by atoms with Crippen molar-refractivity contribution in [3.8, 4) is 5.75 Å². The normalized spacial score (nSPS) is 20.6. The van der Waals surface area contributed by atoms with Crippen LogP contribution >= 0.6 is 11.3 Å². The second-order valence-electron chi connectivity index (χ2n) is 10.9. The number of hydrogen-bond acceptors (Lipinski definition) is 6. The summed E-state index contributed by atoms with van der Waals surface area (Å²) in [4.78, 5) is 22.8. The predicted molar refractivity (Wildman–Crippen MR) is 153 cm³/mol. The van der Waals surface area contributed by atoms with E-state index in [1.54, 1.807) is 23.5 Å². The topological polar surface area (TPSA) is 71.8 Å². The number of thiazole rings is 1. The summed E-state index contributed by atoms with van der Waals surface area (Å²) < 4.78 is 21.0. The quantitative estimate of drug-likeness (QED) is 0.260. The minimum Gasteiger partial charge on any atom is -0.496 e. The minimum atomic E-state index is -1.07. The molecule has 6 rings (SSSR count). The molecule has 5 nitrogen and oxygen atoms in total. The number of aryl methyl sites for hydroxylation is 1. The summed E-state index contributed by atoms with van der Waals surface area (Å²) in [5.41, 5.74) is 5.07. The smallest absolute Gasteiger partial charge is 0.163 e. The summed E-state index contributed by atoms with van der Waals surface area (Å²) in [5, 5.41) is 12.5. The molecule has 4 aromatic rings. The summed E-state index contributed by atoms with van der Waals surface area (Å²) in [6, 6.07) is 16.8. The van der Waals surface area contributed by atoms with Crippen LogP contribution in [-0.4, -0.2) is 34.3 Å². The number of ether oxygens (including phenoxy) is 1. The van der Waals surface area contributed by atoms with E-state index < -0.39 is 5.60 Å². The lowest BCUT2D eigenvalue weighted by Crippen LogP contribution is -2.38. The van der Waals surface area contributed by atoms with Gasteiger partial charge in [-0.1, -0.05) is 30.7 Å². The highest BCUT2D eigenvalue weighted by atomic mass is 32.1. The molecule has 1 aliphatic carbocycles. The van der Waals surface area contributed by atoms with Crippen LogP contribution < -0.4 is 4.74 Å². The van der Waals surface area contributed by atoms with Crippen molar-refractivity contribution in [1.82, 2.24) is 4.98 Å². The number of methoxy groups -OCH3 is 1. The molecule has 1 saturated carbocycles. The number of carbonyl (C=O) groups is 1. The maximum atomic E-state index is 14.6. The number of benzene rings is 3. The van der Waals surface area contributed by atoms with Crippen molar-refractivity contribution in [2.24, 2.45) is 10.9 Å². The van der Waals surface area contributed by atoms with E-state index in [1.807, 2.05) is 31.2 Å². The van der Waals surface area contributed by atoms with Crippen LogP contribution in [0.3, 0.4) is 0 Å². The first-order valence-electron chi connectivity index (χ1n) is 13.4. The first-order chi connectivity index (χ1) is 18.8. The van der Waals surface area contributed by atoms with Crippen LogP contribution in [0.25, 0.3) is 10.2 Å². The van der Waals surface area contributed by atoms with Gasteiger partial charge in [-0.25, -0.2) is 9.37 Å². The summed E-state index contributed by atoms with van der Waals surface area (Å²) >= 11 is 1.67. The zero-order valence-corrected chi connectivity index (χ0v) is 23.0. The van der Waals surface area contributed by atoms with Crippen LogP contribution in [0, 0.1) is 18.7 Å². The minimum absolute atomic E-state index is 0.0346. The molecular weight excluding hydrogens is 511 g/mol. The number of aliphatic hydroxyl groups is 1. The molecule has 1 fully saturated rings. The Morgan fingerprint density at radius 3 is 2.92 bits per heavy atom. The molecule has 1 aliphatic heterocycles. The Balaban J connectivity index is 1.18. The summed E-state index contributed by atoms with van der Waals surface area (Å²) in [5.74, 6) is 0.172. The van der Waals surface area contributed by atoms with Crippen LogP contribution in [0.1, 0.15) is 69.7 Å². The fourth-order valence-electron chi connectivity index (χ4n) is 6.20. The molecule has 2 aliphatic rings. The first kappa shape index (κ1) is 25.8. The Labute approximate surface area is 231 Å². The molecule has 1 aromatic heterocycles. The Bertz CT molecular complexity index is 1610. The molecule has 39 heavy (non-hydrogen) atoms. The molecule has 1 N–H and O–H groups in total. The number of halogens is 1. The lowest BCUT2D eigenvalue weighted by molar-refractivity contribution is -0.0168. The van der Waals surface area contributed by atoms with Gasteiger partial charge >= 0.3 is 0 Å². The lowest BCUT2D eigenvalue weighted by atomic mass is 9.73. The molecule has 0 radical (unpaired) electrons. The average Bonchev–Trinajstić information content (AvgIpc) is 3.51. The number of fused-ring (bicyclic) bond motifs is 2. The Kier molecular flexibility index (Phi) is 6.81. The van der Waals surface area contributed by atoms with E-state index in [1.165, 1.54) is 13.2 Å². The van der Waals surface area contributed by atoms with Gasteiger partial charge in [0, 0.05) is 35.1 Å². The zero-order chi connectivity index (χ0) is 27.1. The van der Waals surface area contributed by atoms with Gasteiger partial charge in [-0.05, 0) is 68.0 Å². The van der Waals surface area contributed by atoms with Gasteiger partial charge in [-0.15, -0.1) is 11.3 Å². The molecule has 2 heterocycles. The van der Waals surface area contributed by atoms with Crippen molar-refractivity contribution < 1.29 is 19.0 Å². The number of hydrogen-bond donors (Lipinski definition) is 1. The molecule has 0 saturated heterocycles. The van der Waals surface area contributed by atoms with Crippen LogP contribution in [0.2, 0.25) is 0 Å². The van der Waals surface area contributed by atoms with Crippen LogP contribution in [-0.2, 0) is 13.0 Å². The van der Waals surface area contributed by atoms with Gasteiger partial charge in [-0.2, -0.15) is 0 Å². The lowest BCUT2D eigenvalue weighted by Gasteiger charge is -2.37. The highest BCUT2D eigenvalue weighted by molar-refractivity contribution is 7.18. The van der Waals surface area contributed by atoms with Gasteiger partial charge < -0.3 is 9.84 Å². The van der Waals surface area contributed by atoms with Crippen molar-refractivity contribution in [2.45, 2.75) is 57.6 Å². The van der Waals surface area contributed by atoms with Crippen LogP contribution in [0.5, 0.6) is 5.75 Å². The first-order valence-corrected chi connectivity index (χ1v) is 14.3. The van der Waals surface area contributed by atoms with E-state index >= 15 is 0 Å². The van der Waals surface area contributed by atoms with Crippen molar-refractivity contribution in [1.29, 1.82) is 0 Å². The molecule has 0 spiro atoms. The molecule has 0 amide bonds. The maximum Gasteiger partial charge on any atom is 0.163 e. The fraction of sp³-hybridized carbons (Fsp3) is 0.344. The number of aromatic nitrogens is 1. The number of carbonyl (C=O) groups excluding carboxylic acids is 1. The van der Waals surface area contributed by atoms with E-state index in [2.05, 4.69) is 17.1 Å². The largest absolute Gasteiger partial charge is 0.496 e. The number of aliphatic imine (C=N–C) groups is 1. The maximum absolute atomic E-state index is 14.6. The van der Waals surface area contributed by atoms with Gasteiger partial charge in [-0.3, -0.25) is 9.79 Å². The third kappa shape index (κ3) is 5.13. The van der Waals surface area contributed by atoms with Crippen LogP contribution in [0.4, 0.5) is 4.39 Å². The Hall–Kier alpha value is -3.42. The molecule has 200 valence electrons. The number of rotatable bonds is 7. The van der Waals surface area contributed by atoms with E-state index in [0.29, 0.717) is 42.7 Å². The molecule has 3 aromatic carbocycles. The molecular formula is C32H31FN2O3S. The monoisotopic (exact) mass is 542 g/mol. The van der Waals surface area contributed by atoms with Crippen molar-refractivity contribution in [3.63, 3.8) is 0 Å². The third-order valence-corrected chi connectivity index (χ3v) is 9.00. The average molecular weight is 543 g/mol. The van der Waals surface area contributed by atoms with Crippen molar-refractivity contribution in [2.75, 3.05) is 7.11 Å². The highest BCUT2D eigenvalue weighted by Crippen LogP contribution is 2.39. The Morgan fingerprint density at radius 2 is 2.08 bits per heavy atom. The Morgan fingerprint density at radius 1 is 1.21 bits per heavy atom. The SMILES string of the molecule is COc1cccc(F)c1C[C@@]1(O)CCC[C@@H](CC(=O)c2ccc3c(c2)C(c2ccc4nc(C)sc4c2)=NC3)C1. The van der Waals surface area contributed by atoms with Crippen molar-refractivity contribution >= 4 is 33.0 Å².